The number of halogens is 2. The summed E-state index contributed by atoms with van der Waals surface area (Å²) in [4.78, 5) is 8.72. The molecule has 0 bridgehead atoms. The summed E-state index contributed by atoms with van der Waals surface area (Å²) < 4.78 is 28.8. The number of benzene rings is 2. The van der Waals surface area contributed by atoms with E-state index in [1.165, 1.54) is 11.6 Å². The third kappa shape index (κ3) is 3.01. The summed E-state index contributed by atoms with van der Waals surface area (Å²) in [5.74, 6) is -0.625. The minimum absolute atomic E-state index is 0.485. The number of aromatic nitrogens is 3. The summed E-state index contributed by atoms with van der Waals surface area (Å²) in [7, 11) is 0. The van der Waals surface area contributed by atoms with Crippen LogP contribution in [-0.4, -0.2) is 14.4 Å². The Kier molecular flexibility index (Phi) is 4.08. The second-order valence-electron chi connectivity index (χ2n) is 6.07. The Morgan fingerprint density at radius 3 is 2.62 bits per heavy atom. The lowest BCUT2D eigenvalue weighted by Gasteiger charge is -2.09. The fourth-order valence-electron chi connectivity index (χ4n) is 2.79. The van der Waals surface area contributed by atoms with E-state index in [-0.39, 0.29) is 0 Å². The van der Waals surface area contributed by atoms with Crippen molar-refractivity contribution >= 4 is 11.6 Å². The molecule has 26 heavy (non-hydrogen) atoms. The first-order valence-electron chi connectivity index (χ1n) is 8.20. The van der Waals surface area contributed by atoms with Crippen LogP contribution < -0.4 is 5.32 Å². The van der Waals surface area contributed by atoms with Crippen LogP contribution in [0.3, 0.4) is 0 Å². The number of rotatable bonds is 4. The number of fused-ring (bicyclic) bond motifs is 1. The summed E-state index contributed by atoms with van der Waals surface area (Å²) >= 11 is 0. The maximum atomic E-state index is 13.7. The van der Waals surface area contributed by atoms with E-state index in [1.807, 2.05) is 37.4 Å². The maximum Gasteiger partial charge on any atom is 0.235 e. The Hall–Kier alpha value is -3.28. The Morgan fingerprint density at radius 2 is 1.85 bits per heavy atom. The molecule has 0 saturated heterocycles. The molecule has 0 amide bonds. The SMILES string of the molecule is Cc1ccc(CNc2c(-c3ccc(F)c(F)c3)nc3ncccn23)cc1. The van der Waals surface area contributed by atoms with Gasteiger partial charge in [-0.25, -0.2) is 18.7 Å². The molecule has 0 radical (unpaired) electrons. The fraction of sp³-hybridized carbons (Fsp3) is 0.100. The second-order valence-corrected chi connectivity index (χ2v) is 6.07. The van der Waals surface area contributed by atoms with Crippen LogP contribution in [-0.2, 0) is 6.54 Å². The van der Waals surface area contributed by atoms with E-state index in [0.29, 0.717) is 29.4 Å². The Balaban J connectivity index is 1.76. The molecule has 6 heteroatoms. The molecule has 0 aliphatic heterocycles. The molecule has 0 unspecified atom stereocenters. The fourth-order valence-corrected chi connectivity index (χ4v) is 2.79. The number of anilines is 1. The summed E-state index contributed by atoms with van der Waals surface area (Å²) in [5.41, 5.74) is 3.30. The molecular formula is C20H16F2N4. The van der Waals surface area contributed by atoms with Crippen molar-refractivity contribution in [2.24, 2.45) is 0 Å². The summed E-state index contributed by atoms with van der Waals surface area (Å²) in [6, 6.07) is 13.7. The van der Waals surface area contributed by atoms with Crippen LogP contribution in [0.1, 0.15) is 11.1 Å². The lowest BCUT2D eigenvalue weighted by molar-refractivity contribution is 0.509. The van der Waals surface area contributed by atoms with Gasteiger partial charge in [-0.2, -0.15) is 0 Å². The number of nitrogens with one attached hydrogen (secondary N) is 1. The van der Waals surface area contributed by atoms with Gasteiger partial charge in [-0.1, -0.05) is 29.8 Å². The Labute approximate surface area is 149 Å². The number of imidazole rings is 1. The van der Waals surface area contributed by atoms with E-state index in [0.717, 1.165) is 17.7 Å². The lowest BCUT2D eigenvalue weighted by atomic mass is 10.1. The predicted octanol–water partition coefficient (Wildman–Crippen LogP) is 4.60. The standard InChI is InChI=1S/C20H16F2N4/c1-13-3-5-14(6-4-13)12-24-19-18(15-7-8-16(21)17(22)11-15)25-20-23-9-2-10-26(19)20/h2-11,24H,12H2,1H3. The maximum absolute atomic E-state index is 13.7. The molecule has 4 aromatic rings. The Bertz CT molecular complexity index is 1070. The molecule has 0 aliphatic carbocycles. The molecule has 2 aromatic heterocycles. The first kappa shape index (κ1) is 16.2. The molecule has 2 heterocycles. The molecule has 2 aromatic carbocycles. The number of hydrogen-bond acceptors (Lipinski definition) is 3. The van der Waals surface area contributed by atoms with Crippen LogP contribution in [0.4, 0.5) is 14.6 Å². The largest absolute Gasteiger partial charge is 0.365 e. The summed E-state index contributed by atoms with van der Waals surface area (Å²) in [5, 5.41) is 3.35. The van der Waals surface area contributed by atoms with Crippen molar-refractivity contribution in [1.82, 2.24) is 14.4 Å². The predicted molar refractivity (Wildman–Crippen MR) is 96.8 cm³/mol. The van der Waals surface area contributed by atoms with Gasteiger partial charge in [-0.3, -0.25) is 4.40 Å². The zero-order valence-electron chi connectivity index (χ0n) is 14.1. The van der Waals surface area contributed by atoms with Crippen molar-refractivity contribution < 1.29 is 8.78 Å². The first-order valence-corrected chi connectivity index (χ1v) is 8.20. The summed E-state index contributed by atoms with van der Waals surface area (Å²) in [6.07, 6.45) is 3.47. The van der Waals surface area contributed by atoms with Crippen LogP contribution in [0, 0.1) is 18.6 Å². The molecule has 1 N–H and O–H groups in total. The highest BCUT2D eigenvalue weighted by molar-refractivity contribution is 5.75. The van der Waals surface area contributed by atoms with Crippen molar-refractivity contribution in [1.29, 1.82) is 0 Å². The van der Waals surface area contributed by atoms with Gasteiger partial charge in [0, 0.05) is 24.5 Å². The zero-order chi connectivity index (χ0) is 18.1. The third-order valence-corrected chi connectivity index (χ3v) is 4.18. The zero-order valence-corrected chi connectivity index (χ0v) is 14.1. The van der Waals surface area contributed by atoms with Crippen molar-refractivity contribution in [2.75, 3.05) is 5.32 Å². The Morgan fingerprint density at radius 1 is 1.04 bits per heavy atom. The van der Waals surface area contributed by atoms with E-state index in [2.05, 4.69) is 15.3 Å². The number of hydrogen-bond donors (Lipinski definition) is 1. The monoisotopic (exact) mass is 350 g/mol. The highest BCUT2D eigenvalue weighted by Crippen LogP contribution is 2.29. The van der Waals surface area contributed by atoms with E-state index >= 15 is 0 Å². The van der Waals surface area contributed by atoms with Crippen molar-refractivity contribution in [3.63, 3.8) is 0 Å². The lowest BCUT2D eigenvalue weighted by Crippen LogP contribution is -2.03. The van der Waals surface area contributed by atoms with Crippen LogP contribution in [0.2, 0.25) is 0 Å². The molecule has 4 rings (SSSR count). The van der Waals surface area contributed by atoms with E-state index in [1.54, 1.807) is 16.7 Å². The van der Waals surface area contributed by atoms with Gasteiger partial charge in [-0.05, 0) is 36.8 Å². The molecular weight excluding hydrogens is 334 g/mol. The molecule has 0 saturated carbocycles. The smallest absolute Gasteiger partial charge is 0.235 e. The number of nitrogens with zero attached hydrogens (tertiary/aromatic N) is 3. The van der Waals surface area contributed by atoms with Gasteiger partial charge >= 0.3 is 0 Å². The van der Waals surface area contributed by atoms with Crippen molar-refractivity contribution in [3.05, 3.63) is 83.7 Å². The van der Waals surface area contributed by atoms with E-state index < -0.39 is 11.6 Å². The number of aryl methyl sites for hydroxylation is 1. The second kappa shape index (κ2) is 6.55. The van der Waals surface area contributed by atoms with Crippen LogP contribution in [0.15, 0.2) is 60.9 Å². The van der Waals surface area contributed by atoms with Crippen molar-refractivity contribution in [2.45, 2.75) is 13.5 Å². The van der Waals surface area contributed by atoms with Gasteiger partial charge in [0.25, 0.3) is 0 Å². The average molecular weight is 350 g/mol. The summed E-state index contributed by atoms with van der Waals surface area (Å²) in [6.45, 7) is 2.61. The topological polar surface area (TPSA) is 42.2 Å². The molecule has 0 spiro atoms. The minimum Gasteiger partial charge on any atom is -0.365 e. The molecule has 4 nitrogen and oxygen atoms in total. The van der Waals surface area contributed by atoms with Gasteiger partial charge in [-0.15, -0.1) is 0 Å². The molecule has 0 fully saturated rings. The quantitative estimate of drug-likeness (QED) is 0.585. The van der Waals surface area contributed by atoms with Crippen LogP contribution >= 0.6 is 0 Å². The average Bonchev–Trinajstić information content (AvgIpc) is 3.02. The third-order valence-electron chi connectivity index (χ3n) is 4.18. The van der Waals surface area contributed by atoms with Gasteiger partial charge in [0.2, 0.25) is 5.78 Å². The van der Waals surface area contributed by atoms with Gasteiger partial charge < -0.3 is 5.32 Å². The van der Waals surface area contributed by atoms with Crippen molar-refractivity contribution in [3.8, 4) is 11.3 Å². The van der Waals surface area contributed by atoms with Crippen LogP contribution in [0.5, 0.6) is 0 Å². The molecule has 0 aliphatic rings. The van der Waals surface area contributed by atoms with Gasteiger partial charge in [0.05, 0.1) is 0 Å². The normalized spacial score (nSPS) is 11.0. The highest BCUT2D eigenvalue weighted by Gasteiger charge is 2.16. The highest BCUT2D eigenvalue weighted by atomic mass is 19.2. The van der Waals surface area contributed by atoms with Crippen LogP contribution in [0.25, 0.3) is 17.0 Å². The van der Waals surface area contributed by atoms with E-state index in [4.69, 9.17) is 0 Å². The van der Waals surface area contributed by atoms with Gasteiger partial charge in [0.1, 0.15) is 11.5 Å². The first-order chi connectivity index (χ1) is 12.6. The molecule has 130 valence electrons. The minimum atomic E-state index is -0.906. The van der Waals surface area contributed by atoms with Gasteiger partial charge in [0.15, 0.2) is 11.6 Å². The van der Waals surface area contributed by atoms with E-state index in [9.17, 15) is 8.78 Å². The molecule has 0 atom stereocenters.